The van der Waals surface area contributed by atoms with Gasteiger partial charge in [-0.15, -0.1) is 5.10 Å². The van der Waals surface area contributed by atoms with Gasteiger partial charge < -0.3 is 5.32 Å². The first-order valence-electron chi connectivity index (χ1n) is 9.05. The van der Waals surface area contributed by atoms with E-state index in [9.17, 15) is 4.79 Å². The van der Waals surface area contributed by atoms with Crippen molar-refractivity contribution in [1.29, 1.82) is 0 Å². The zero-order valence-corrected chi connectivity index (χ0v) is 17.4. The quantitative estimate of drug-likeness (QED) is 0.465. The van der Waals surface area contributed by atoms with Gasteiger partial charge in [0.1, 0.15) is 5.69 Å². The van der Waals surface area contributed by atoms with Crippen LogP contribution in [-0.4, -0.2) is 25.3 Å². The number of carbonyl (C=O) groups is 1. The van der Waals surface area contributed by atoms with Crippen LogP contribution in [0.25, 0.3) is 16.9 Å². The second-order valence-electron chi connectivity index (χ2n) is 6.81. The van der Waals surface area contributed by atoms with E-state index in [1.807, 2.05) is 67.8 Å². The van der Waals surface area contributed by atoms with Gasteiger partial charge >= 0.3 is 0 Å². The fraction of sp³-hybridized carbons (Fsp3) is 0.143. The molecule has 0 fully saturated rings. The maximum Gasteiger partial charge on any atom is 0.259 e. The number of benzene rings is 2. The number of aromatic nitrogens is 4. The van der Waals surface area contributed by atoms with Crippen LogP contribution in [-0.2, 0) is 0 Å². The Morgan fingerprint density at radius 2 is 1.97 bits per heavy atom. The molecule has 0 saturated heterocycles. The van der Waals surface area contributed by atoms with Crippen molar-refractivity contribution in [2.75, 3.05) is 5.32 Å². The van der Waals surface area contributed by atoms with Crippen LogP contribution < -0.4 is 5.32 Å². The fourth-order valence-electron chi connectivity index (χ4n) is 3.12. The standard InChI is InChI=1S/C21H18ClN5OS/c1-13(2)20-18(11-23-27(20)17-5-3-4-15(22)10-17)21(28)24-16-8-6-14(7-9-16)19-12-29-26-25-19/h3-13H,1-2H3,(H,24,28). The molecule has 29 heavy (non-hydrogen) atoms. The van der Waals surface area contributed by atoms with E-state index in [1.165, 1.54) is 11.5 Å². The Kier molecular flexibility index (Phi) is 5.42. The van der Waals surface area contributed by atoms with Crippen molar-refractivity contribution >= 4 is 34.7 Å². The highest BCUT2D eigenvalue weighted by Crippen LogP contribution is 2.26. The van der Waals surface area contributed by atoms with Crippen LogP contribution in [0.4, 0.5) is 5.69 Å². The second-order valence-corrected chi connectivity index (χ2v) is 7.86. The van der Waals surface area contributed by atoms with E-state index in [-0.39, 0.29) is 11.8 Å². The number of rotatable bonds is 5. The highest BCUT2D eigenvalue weighted by atomic mass is 35.5. The molecule has 1 amide bonds. The lowest BCUT2D eigenvalue weighted by Crippen LogP contribution is -2.15. The fourth-order valence-corrected chi connectivity index (χ4v) is 3.77. The molecule has 6 nitrogen and oxygen atoms in total. The number of carbonyl (C=O) groups excluding carboxylic acids is 1. The second kappa shape index (κ2) is 8.14. The van der Waals surface area contributed by atoms with Crippen LogP contribution in [0, 0.1) is 0 Å². The average molecular weight is 424 g/mol. The molecule has 0 saturated carbocycles. The summed E-state index contributed by atoms with van der Waals surface area (Å²) >= 11 is 7.43. The zero-order chi connectivity index (χ0) is 20.4. The molecule has 4 aromatic rings. The molecule has 0 aliphatic carbocycles. The molecule has 2 aromatic carbocycles. The zero-order valence-electron chi connectivity index (χ0n) is 15.8. The van der Waals surface area contributed by atoms with E-state index in [0.717, 1.165) is 22.6 Å². The third kappa shape index (κ3) is 4.06. The minimum Gasteiger partial charge on any atom is -0.322 e. The molecule has 0 unspecified atom stereocenters. The molecule has 0 atom stereocenters. The Balaban J connectivity index is 1.60. The van der Waals surface area contributed by atoms with E-state index < -0.39 is 0 Å². The molecule has 0 aliphatic rings. The monoisotopic (exact) mass is 423 g/mol. The van der Waals surface area contributed by atoms with E-state index in [0.29, 0.717) is 16.3 Å². The van der Waals surface area contributed by atoms with Gasteiger partial charge in [0.2, 0.25) is 0 Å². The number of nitrogens with zero attached hydrogens (tertiary/aromatic N) is 4. The Morgan fingerprint density at radius 3 is 2.62 bits per heavy atom. The predicted octanol–water partition coefficient (Wildman–Crippen LogP) is 5.42. The average Bonchev–Trinajstić information content (AvgIpc) is 3.39. The van der Waals surface area contributed by atoms with Gasteiger partial charge in [-0.05, 0) is 47.8 Å². The Morgan fingerprint density at radius 1 is 1.17 bits per heavy atom. The lowest BCUT2D eigenvalue weighted by atomic mass is 10.0. The molecule has 2 aromatic heterocycles. The van der Waals surface area contributed by atoms with Crippen molar-refractivity contribution in [3.63, 3.8) is 0 Å². The summed E-state index contributed by atoms with van der Waals surface area (Å²) in [5.74, 6) is -0.109. The summed E-state index contributed by atoms with van der Waals surface area (Å²) in [5.41, 5.74) is 4.66. The molecule has 1 N–H and O–H groups in total. The molecule has 0 aliphatic heterocycles. The van der Waals surface area contributed by atoms with Gasteiger partial charge in [0, 0.05) is 21.7 Å². The van der Waals surface area contributed by atoms with Gasteiger partial charge in [0.05, 0.1) is 23.1 Å². The lowest BCUT2D eigenvalue weighted by molar-refractivity contribution is 0.102. The summed E-state index contributed by atoms with van der Waals surface area (Å²) in [4.78, 5) is 13.0. The van der Waals surface area contributed by atoms with E-state index in [1.54, 1.807) is 10.9 Å². The first-order valence-corrected chi connectivity index (χ1v) is 10.3. The Labute approximate surface area is 177 Å². The Hall–Kier alpha value is -3.03. The largest absolute Gasteiger partial charge is 0.322 e. The van der Waals surface area contributed by atoms with Crippen LogP contribution in [0.3, 0.4) is 0 Å². The van der Waals surface area contributed by atoms with E-state index >= 15 is 0 Å². The summed E-state index contributed by atoms with van der Waals surface area (Å²) in [6, 6.07) is 14.9. The number of anilines is 1. The van der Waals surface area contributed by atoms with Gasteiger partial charge in [-0.3, -0.25) is 4.79 Å². The summed E-state index contributed by atoms with van der Waals surface area (Å²) in [6.07, 6.45) is 1.60. The van der Waals surface area contributed by atoms with Crippen molar-refractivity contribution in [3.05, 3.63) is 76.4 Å². The van der Waals surface area contributed by atoms with Gasteiger partial charge in [-0.25, -0.2) is 4.68 Å². The van der Waals surface area contributed by atoms with Crippen LogP contribution in [0.1, 0.15) is 35.8 Å². The summed E-state index contributed by atoms with van der Waals surface area (Å²) in [7, 11) is 0. The van der Waals surface area contributed by atoms with Gasteiger partial charge in [-0.2, -0.15) is 5.10 Å². The number of hydrogen-bond donors (Lipinski definition) is 1. The van der Waals surface area contributed by atoms with Crippen LogP contribution in [0.5, 0.6) is 0 Å². The number of halogens is 1. The van der Waals surface area contributed by atoms with Crippen molar-refractivity contribution in [1.82, 2.24) is 19.4 Å². The molecule has 146 valence electrons. The Bertz CT molecular complexity index is 1140. The number of nitrogens with one attached hydrogen (secondary N) is 1. The SMILES string of the molecule is CC(C)c1c(C(=O)Nc2ccc(-c3csnn3)cc2)cnn1-c1cccc(Cl)c1. The molecular weight excluding hydrogens is 406 g/mol. The normalized spacial score (nSPS) is 11.0. The molecule has 0 bridgehead atoms. The first-order chi connectivity index (χ1) is 14.0. The molecule has 8 heteroatoms. The minimum absolute atomic E-state index is 0.0942. The highest BCUT2D eigenvalue weighted by molar-refractivity contribution is 7.03. The highest BCUT2D eigenvalue weighted by Gasteiger charge is 2.21. The van der Waals surface area contributed by atoms with Crippen LogP contribution in [0.15, 0.2) is 60.1 Å². The third-order valence-corrected chi connectivity index (χ3v) is 5.19. The predicted molar refractivity (Wildman–Crippen MR) is 116 cm³/mol. The van der Waals surface area contributed by atoms with Crippen LogP contribution >= 0.6 is 23.1 Å². The van der Waals surface area contributed by atoms with Crippen molar-refractivity contribution in [2.24, 2.45) is 0 Å². The summed E-state index contributed by atoms with van der Waals surface area (Å²) in [6.45, 7) is 4.07. The van der Waals surface area contributed by atoms with E-state index in [4.69, 9.17) is 11.6 Å². The topological polar surface area (TPSA) is 72.7 Å². The number of hydrogen-bond acceptors (Lipinski definition) is 5. The maximum atomic E-state index is 13.0. The molecule has 4 rings (SSSR count). The van der Waals surface area contributed by atoms with E-state index in [2.05, 4.69) is 20.0 Å². The van der Waals surface area contributed by atoms with Gasteiger partial charge in [0.15, 0.2) is 0 Å². The first kappa shape index (κ1) is 19.3. The summed E-state index contributed by atoms with van der Waals surface area (Å²) < 4.78 is 5.64. The van der Waals surface area contributed by atoms with Gasteiger partial charge in [-0.1, -0.05) is 48.1 Å². The smallest absolute Gasteiger partial charge is 0.259 e. The van der Waals surface area contributed by atoms with Crippen LogP contribution in [0.2, 0.25) is 5.02 Å². The van der Waals surface area contributed by atoms with Crippen molar-refractivity contribution in [3.8, 4) is 16.9 Å². The lowest BCUT2D eigenvalue weighted by Gasteiger charge is -2.13. The molecule has 0 spiro atoms. The van der Waals surface area contributed by atoms with Gasteiger partial charge in [0.25, 0.3) is 5.91 Å². The number of amides is 1. The summed E-state index contributed by atoms with van der Waals surface area (Å²) in [5, 5.41) is 13.9. The van der Waals surface area contributed by atoms with Crippen molar-refractivity contribution < 1.29 is 4.79 Å². The maximum absolute atomic E-state index is 13.0. The van der Waals surface area contributed by atoms with Crippen molar-refractivity contribution in [2.45, 2.75) is 19.8 Å². The molecular formula is C21H18ClN5OS. The molecule has 2 heterocycles. The third-order valence-electron chi connectivity index (χ3n) is 4.45. The minimum atomic E-state index is -0.204. The molecule has 0 radical (unpaired) electrons.